The number of carbonyl (C=O) groups is 1. The molecule has 0 amide bonds. The largest absolute Gasteiger partial charge is 0.506 e. The van der Waals surface area contributed by atoms with Crippen LogP contribution in [-0.4, -0.2) is 36.5 Å². The first-order chi connectivity index (χ1) is 9.50. The fraction of sp³-hybridized carbons (Fsp3) is 0.364. The lowest BCUT2D eigenvalue weighted by Gasteiger charge is -2.11. The average molecular weight is 327 g/mol. The molecule has 1 aromatic carbocycles. The van der Waals surface area contributed by atoms with E-state index in [4.69, 9.17) is 5.11 Å². The van der Waals surface area contributed by atoms with E-state index in [1.165, 1.54) is 0 Å². The van der Waals surface area contributed by atoms with E-state index in [-0.39, 0.29) is 5.56 Å². The number of anilines is 1. The van der Waals surface area contributed by atoms with Crippen molar-refractivity contribution in [3.05, 3.63) is 23.8 Å². The van der Waals surface area contributed by atoms with E-state index in [2.05, 4.69) is 0 Å². The van der Waals surface area contributed by atoms with Gasteiger partial charge in [-0.25, -0.2) is 13.2 Å². The molecule has 0 aliphatic heterocycles. The Kier molecular flexibility index (Phi) is 5.05. The molecule has 21 heavy (non-hydrogen) atoms. The number of carboxylic acids is 1. The van der Waals surface area contributed by atoms with Crippen molar-refractivity contribution in [2.75, 3.05) is 10.5 Å². The molecular formula is C11H12F3NO5S. The lowest BCUT2D eigenvalue weighted by atomic mass is 10.2. The van der Waals surface area contributed by atoms with Crippen LogP contribution in [0.2, 0.25) is 0 Å². The average Bonchev–Trinajstić information content (AvgIpc) is 2.29. The van der Waals surface area contributed by atoms with Crippen LogP contribution < -0.4 is 4.72 Å². The van der Waals surface area contributed by atoms with Crippen molar-refractivity contribution in [3.63, 3.8) is 0 Å². The summed E-state index contributed by atoms with van der Waals surface area (Å²) in [6.45, 7) is 0. The Hall–Kier alpha value is -1.97. The molecule has 6 nitrogen and oxygen atoms in total. The van der Waals surface area contributed by atoms with E-state index >= 15 is 0 Å². The molecule has 1 rings (SSSR count). The van der Waals surface area contributed by atoms with Gasteiger partial charge in [0.25, 0.3) is 0 Å². The van der Waals surface area contributed by atoms with Crippen LogP contribution >= 0.6 is 0 Å². The van der Waals surface area contributed by atoms with Gasteiger partial charge < -0.3 is 10.2 Å². The van der Waals surface area contributed by atoms with E-state index in [1.54, 1.807) is 0 Å². The Balaban J connectivity index is 2.79. The summed E-state index contributed by atoms with van der Waals surface area (Å²) in [6, 6.07) is 2.90. The fourth-order valence-electron chi connectivity index (χ4n) is 1.43. The number of aromatic carboxylic acids is 1. The molecule has 0 atom stereocenters. The van der Waals surface area contributed by atoms with Crippen molar-refractivity contribution in [2.45, 2.75) is 19.0 Å². The molecule has 0 radical (unpaired) electrons. The van der Waals surface area contributed by atoms with Crippen molar-refractivity contribution in [1.82, 2.24) is 0 Å². The number of phenolic OH excluding ortho intramolecular Hbond substituents is 1. The lowest BCUT2D eigenvalue weighted by Crippen LogP contribution is -2.19. The Morgan fingerprint density at radius 3 is 2.43 bits per heavy atom. The minimum Gasteiger partial charge on any atom is -0.506 e. The van der Waals surface area contributed by atoms with Crippen LogP contribution in [0.15, 0.2) is 18.2 Å². The molecule has 0 bridgehead atoms. The van der Waals surface area contributed by atoms with Gasteiger partial charge in [-0.3, -0.25) is 4.72 Å². The fourth-order valence-corrected chi connectivity index (χ4v) is 2.56. The molecule has 1 aromatic rings. The highest BCUT2D eigenvalue weighted by Crippen LogP contribution is 2.26. The number of halogens is 3. The van der Waals surface area contributed by atoms with E-state index in [9.17, 15) is 31.5 Å². The van der Waals surface area contributed by atoms with E-state index in [0.29, 0.717) is 0 Å². The topological polar surface area (TPSA) is 104 Å². The molecule has 0 spiro atoms. The van der Waals surface area contributed by atoms with Gasteiger partial charge in [-0.1, -0.05) is 0 Å². The molecule has 0 aromatic heterocycles. The molecule has 3 N–H and O–H groups in total. The molecule has 0 heterocycles. The van der Waals surface area contributed by atoms with Crippen LogP contribution in [0.25, 0.3) is 0 Å². The minimum atomic E-state index is -4.46. The Morgan fingerprint density at radius 1 is 1.29 bits per heavy atom. The first kappa shape index (κ1) is 17.1. The number of alkyl halides is 3. The minimum absolute atomic E-state index is 0.277. The molecular weight excluding hydrogens is 315 g/mol. The smallest absolute Gasteiger partial charge is 0.389 e. The molecule has 0 unspecified atom stereocenters. The molecule has 0 aliphatic rings. The molecule has 0 saturated heterocycles. The summed E-state index contributed by atoms with van der Waals surface area (Å²) in [4.78, 5) is 10.7. The van der Waals surface area contributed by atoms with Gasteiger partial charge in [0, 0.05) is 6.42 Å². The zero-order chi connectivity index (χ0) is 16.3. The monoisotopic (exact) mass is 327 g/mol. The Bertz CT molecular complexity index is 627. The third-order valence-corrected chi connectivity index (χ3v) is 3.74. The maximum absolute atomic E-state index is 11.9. The number of benzene rings is 1. The third kappa shape index (κ3) is 5.90. The maximum atomic E-state index is 11.9. The number of phenols is 1. The zero-order valence-corrected chi connectivity index (χ0v) is 11.3. The standard InChI is InChI=1S/C11H12F3NO5S/c12-11(13,14)4-1-5-21(19,20)15-8-6-7(10(17)18)2-3-9(8)16/h2-3,6,15-16H,1,4-5H2,(H,17,18). The number of nitrogens with one attached hydrogen (secondary N) is 1. The molecule has 0 fully saturated rings. The Labute approximate surface area is 118 Å². The number of carboxylic acid groups (broad SMARTS) is 1. The Morgan fingerprint density at radius 2 is 1.90 bits per heavy atom. The zero-order valence-electron chi connectivity index (χ0n) is 10.5. The van der Waals surface area contributed by atoms with Crippen LogP contribution in [0.4, 0.5) is 18.9 Å². The summed E-state index contributed by atoms with van der Waals surface area (Å²) in [5, 5.41) is 18.2. The van der Waals surface area contributed by atoms with Crippen LogP contribution in [-0.2, 0) is 10.0 Å². The maximum Gasteiger partial charge on any atom is 0.389 e. The van der Waals surface area contributed by atoms with Crippen LogP contribution in [0, 0.1) is 0 Å². The van der Waals surface area contributed by atoms with E-state index in [0.717, 1.165) is 18.2 Å². The summed E-state index contributed by atoms with van der Waals surface area (Å²) in [5.74, 6) is -2.67. The highest BCUT2D eigenvalue weighted by atomic mass is 32.2. The predicted octanol–water partition coefficient (Wildman–Crippen LogP) is 2.17. The number of sulfonamides is 1. The number of hydrogen-bond donors (Lipinski definition) is 3. The molecule has 118 valence electrons. The highest BCUT2D eigenvalue weighted by molar-refractivity contribution is 7.92. The van der Waals surface area contributed by atoms with Crippen LogP contribution in [0.1, 0.15) is 23.2 Å². The van der Waals surface area contributed by atoms with Crippen molar-refractivity contribution in [1.29, 1.82) is 0 Å². The summed E-state index contributed by atoms with van der Waals surface area (Å²) in [5.41, 5.74) is -0.678. The van der Waals surface area contributed by atoms with Gasteiger partial charge in [0.15, 0.2) is 0 Å². The molecule has 0 aliphatic carbocycles. The number of hydrogen-bond acceptors (Lipinski definition) is 4. The van der Waals surface area contributed by atoms with Gasteiger partial charge in [0.1, 0.15) is 5.75 Å². The van der Waals surface area contributed by atoms with E-state index < -0.39 is 52.2 Å². The summed E-state index contributed by atoms with van der Waals surface area (Å²) in [7, 11) is -4.12. The van der Waals surface area contributed by atoms with Gasteiger partial charge in [0.05, 0.1) is 17.0 Å². The van der Waals surface area contributed by atoms with E-state index in [1.807, 2.05) is 4.72 Å². The second-order valence-corrected chi connectivity index (χ2v) is 6.02. The SMILES string of the molecule is O=C(O)c1ccc(O)c(NS(=O)(=O)CCCC(F)(F)F)c1. The second-order valence-electron chi connectivity index (χ2n) is 4.18. The van der Waals surface area contributed by atoms with Crippen molar-refractivity contribution >= 4 is 21.7 Å². The normalized spacial score (nSPS) is 12.1. The van der Waals surface area contributed by atoms with Crippen LogP contribution in [0.3, 0.4) is 0 Å². The van der Waals surface area contributed by atoms with Crippen LogP contribution in [0.5, 0.6) is 5.75 Å². The van der Waals surface area contributed by atoms with Gasteiger partial charge in [-0.2, -0.15) is 13.2 Å². The molecule has 10 heteroatoms. The van der Waals surface area contributed by atoms with Gasteiger partial charge in [-0.05, 0) is 24.6 Å². The molecule has 0 saturated carbocycles. The summed E-state index contributed by atoms with van der Waals surface area (Å²) in [6.07, 6.45) is -6.35. The van der Waals surface area contributed by atoms with Gasteiger partial charge in [0.2, 0.25) is 10.0 Å². The second kappa shape index (κ2) is 6.20. The summed E-state index contributed by atoms with van der Waals surface area (Å²) < 4.78 is 60.9. The van der Waals surface area contributed by atoms with Gasteiger partial charge >= 0.3 is 12.1 Å². The van der Waals surface area contributed by atoms with Crippen molar-refractivity contribution < 1.29 is 36.6 Å². The van der Waals surface area contributed by atoms with Crippen molar-refractivity contribution in [3.8, 4) is 5.75 Å². The quantitative estimate of drug-likeness (QED) is 0.695. The first-order valence-electron chi connectivity index (χ1n) is 5.64. The number of rotatable bonds is 6. The predicted molar refractivity (Wildman–Crippen MR) is 67.8 cm³/mol. The highest BCUT2D eigenvalue weighted by Gasteiger charge is 2.27. The van der Waals surface area contributed by atoms with Crippen molar-refractivity contribution in [2.24, 2.45) is 0 Å². The number of aromatic hydroxyl groups is 1. The summed E-state index contributed by atoms with van der Waals surface area (Å²) >= 11 is 0. The lowest BCUT2D eigenvalue weighted by molar-refractivity contribution is -0.134. The third-order valence-electron chi connectivity index (χ3n) is 2.38. The first-order valence-corrected chi connectivity index (χ1v) is 7.29. The van der Waals surface area contributed by atoms with Gasteiger partial charge in [-0.15, -0.1) is 0 Å².